The summed E-state index contributed by atoms with van der Waals surface area (Å²) in [7, 11) is 0. The summed E-state index contributed by atoms with van der Waals surface area (Å²) < 4.78 is 5.72. The molecule has 4 aromatic carbocycles. The molecular weight excluding hydrogens is 448 g/mol. The summed E-state index contributed by atoms with van der Waals surface area (Å²) in [6, 6.07) is 35.9. The van der Waals surface area contributed by atoms with Crippen LogP contribution in [0.4, 0.5) is 4.79 Å². The first-order chi connectivity index (χ1) is 17.7. The zero-order chi connectivity index (χ0) is 24.7. The van der Waals surface area contributed by atoms with E-state index in [1.165, 1.54) is 11.1 Å². The molecule has 0 fully saturated rings. The average molecular weight is 476 g/mol. The number of nitrogens with one attached hydrogen (secondary N) is 2. The largest absolute Gasteiger partial charge is 0.449 e. The maximum atomic E-state index is 12.9. The first-order valence-corrected chi connectivity index (χ1v) is 12.1. The average Bonchev–Trinajstić information content (AvgIpc) is 3.25. The van der Waals surface area contributed by atoms with Gasteiger partial charge in [0.05, 0.1) is 12.5 Å². The van der Waals surface area contributed by atoms with Gasteiger partial charge in [-0.25, -0.2) is 4.79 Å². The van der Waals surface area contributed by atoms with Crippen LogP contribution in [0.1, 0.15) is 40.6 Å². The van der Waals surface area contributed by atoms with Gasteiger partial charge >= 0.3 is 6.09 Å². The van der Waals surface area contributed by atoms with E-state index >= 15 is 0 Å². The minimum Gasteiger partial charge on any atom is -0.449 e. The minimum absolute atomic E-state index is 0.0238. The van der Waals surface area contributed by atoms with Gasteiger partial charge in [-0.1, -0.05) is 97.1 Å². The first kappa shape index (κ1) is 23.4. The van der Waals surface area contributed by atoms with Crippen LogP contribution in [0.5, 0.6) is 0 Å². The van der Waals surface area contributed by atoms with E-state index in [1.54, 1.807) is 0 Å². The Kier molecular flexibility index (Phi) is 7.08. The fourth-order valence-corrected chi connectivity index (χ4v) is 4.72. The van der Waals surface area contributed by atoms with Gasteiger partial charge in [-0.15, -0.1) is 0 Å². The number of rotatable bonds is 8. The fourth-order valence-electron chi connectivity index (χ4n) is 4.72. The van der Waals surface area contributed by atoms with Gasteiger partial charge in [0.1, 0.15) is 6.61 Å². The van der Waals surface area contributed by atoms with E-state index < -0.39 is 12.1 Å². The maximum Gasteiger partial charge on any atom is 0.407 e. The summed E-state index contributed by atoms with van der Waals surface area (Å²) in [5.74, 6) is -0.184. The second kappa shape index (κ2) is 10.9. The molecule has 0 saturated carbocycles. The van der Waals surface area contributed by atoms with E-state index in [1.807, 2.05) is 78.9 Å². The van der Waals surface area contributed by atoms with Crippen LogP contribution in [0.2, 0.25) is 0 Å². The van der Waals surface area contributed by atoms with Crippen LogP contribution in [-0.4, -0.2) is 18.6 Å². The normalized spacial score (nSPS) is 12.8. The second-order valence-electron chi connectivity index (χ2n) is 8.83. The van der Waals surface area contributed by atoms with Crippen molar-refractivity contribution in [3.63, 3.8) is 0 Å². The molecule has 0 aliphatic heterocycles. The van der Waals surface area contributed by atoms with Crippen LogP contribution >= 0.6 is 0 Å². The predicted octanol–water partition coefficient (Wildman–Crippen LogP) is 5.77. The van der Waals surface area contributed by atoms with Crippen molar-refractivity contribution >= 4 is 12.0 Å². The van der Waals surface area contributed by atoms with Crippen LogP contribution in [0.25, 0.3) is 11.1 Å². The van der Waals surface area contributed by atoms with Crippen LogP contribution in [-0.2, 0) is 16.1 Å². The van der Waals surface area contributed by atoms with Gasteiger partial charge < -0.3 is 15.4 Å². The molecular formula is C31H27N2O3. The van der Waals surface area contributed by atoms with Crippen molar-refractivity contribution in [1.29, 1.82) is 0 Å². The Morgan fingerprint density at radius 1 is 0.833 bits per heavy atom. The molecule has 179 valence electrons. The Bertz CT molecular complexity index is 1290. The lowest BCUT2D eigenvalue weighted by molar-refractivity contribution is -0.121. The maximum absolute atomic E-state index is 12.9. The summed E-state index contributed by atoms with van der Waals surface area (Å²) in [6.45, 7) is 0.626. The van der Waals surface area contributed by atoms with E-state index in [4.69, 9.17) is 4.74 Å². The van der Waals surface area contributed by atoms with Gasteiger partial charge in [-0.05, 0) is 45.5 Å². The van der Waals surface area contributed by atoms with Crippen LogP contribution < -0.4 is 10.6 Å². The van der Waals surface area contributed by atoms with E-state index in [0.717, 1.165) is 22.3 Å². The lowest BCUT2D eigenvalue weighted by Crippen LogP contribution is -2.34. The van der Waals surface area contributed by atoms with E-state index in [-0.39, 0.29) is 24.9 Å². The van der Waals surface area contributed by atoms with Gasteiger partial charge in [0.15, 0.2) is 0 Å². The predicted molar refractivity (Wildman–Crippen MR) is 139 cm³/mol. The van der Waals surface area contributed by atoms with Crippen molar-refractivity contribution in [1.82, 2.24) is 10.6 Å². The number of benzene rings is 4. The van der Waals surface area contributed by atoms with Gasteiger partial charge in [0.2, 0.25) is 5.91 Å². The van der Waals surface area contributed by atoms with Crippen molar-refractivity contribution in [2.24, 2.45) is 0 Å². The Morgan fingerprint density at radius 3 is 2.17 bits per heavy atom. The fraction of sp³-hybridized carbons (Fsp3) is 0.161. The van der Waals surface area contributed by atoms with Crippen molar-refractivity contribution in [2.45, 2.75) is 24.9 Å². The summed E-state index contributed by atoms with van der Waals surface area (Å²) in [6.07, 6.45) is -0.443. The van der Waals surface area contributed by atoms with Gasteiger partial charge in [-0.2, -0.15) is 0 Å². The zero-order valence-corrected chi connectivity index (χ0v) is 19.8. The molecule has 0 unspecified atom stereocenters. The molecule has 1 aliphatic carbocycles. The number of fused-ring (bicyclic) bond motifs is 3. The van der Waals surface area contributed by atoms with Crippen LogP contribution in [0, 0.1) is 6.07 Å². The molecule has 36 heavy (non-hydrogen) atoms. The molecule has 5 rings (SSSR count). The van der Waals surface area contributed by atoms with Crippen LogP contribution in [0.15, 0.2) is 103 Å². The Morgan fingerprint density at radius 2 is 1.50 bits per heavy atom. The van der Waals surface area contributed by atoms with Crippen molar-refractivity contribution in [2.75, 3.05) is 6.61 Å². The summed E-state index contributed by atoms with van der Waals surface area (Å²) in [4.78, 5) is 25.6. The molecule has 0 bridgehead atoms. The monoisotopic (exact) mass is 475 g/mol. The van der Waals surface area contributed by atoms with E-state index in [9.17, 15) is 9.59 Å². The summed E-state index contributed by atoms with van der Waals surface area (Å²) in [5.41, 5.74) is 6.47. The Hall–Kier alpha value is -4.38. The molecule has 2 amide bonds. The number of hydrogen-bond acceptors (Lipinski definition) is 3. The third kappa shape index (κ3) is 5.31. The molecule has 0 spiro atoms. The number of hydrogen-bond donors (Lipinski definition) is 2. The molecule has 1 radical (unpaired) electrons. The molecule has 5 heteroatoms. The molecule has 1 aliphatic rings. The molecule has 0 aromatic heterocycles. The number of ether oxygens (including phenoxy) is 1. The number of carbonyl (C=O) groups is 2. The van der Waals surface area contributed by atoms with Gasteiger partial charge in [0.25, 0.3) is 0 Å². The number of carbonyl (C=O) groups excluding carboxylic acids is 2. The van der Waals surface area contributed by atoms with Crippen molar-refractivity contribution in [3.05, 3.63) is 131 Å². The third-order valence-corrected chi connectivity index (χ3v) is 6.49. The quantitative estimate of drug-likeness (QED) is 0.340. The minimum atomic E-state index is -0.545. The first-order valence-electron chi connectivity index (χ1n) is 12.1. The smallest absolute Gasteiger partial charge is 0.407 e. The zero-order valence-electron chi connectivity index (χ0n) is 19.8. The third-order valence-electron chi connectivity index (χ3n) is 6.49. The Balaban J connectivity index is 1.24. The number of alkyl carbamates (subject to hydrolysis) is 1. The van der Waals surface area contributed by atoms with Crippen LogP contribution in [0.3, 0.4) is 0 Å². The highest BCUT2D eigenvalue weighted by atomic mass is 16.5. The molecule has 5 nitrogen and oxygen atoms in total. The summed E-state index contributed by atoms with van der Waals surface area (Å²) >= 11 is 0. The van der Waals surface area contributed by atoms with Crippen molar-refractivity contribution in [3.8, 4) is 11.1 Å². The van der Waals surface area contributed by atoms with Crippen molar-refractivity contribution < 1.29 is 14.3 Å². The Labute approximate surface area is 211 Å². The molecule has 1 atom stereocenters. The molecule has 0 saturated heterocycles. The lowest BCUT2D eigenvalue weighted by atomic mass is 9.98. The highest BCUT2D eigenvalue weighted by molar-refractivity contribution is 5.80. The van der Waals surface area contributed by atoms with E-state index in [2.05, 4.69) is 41.0 Å². The second-order valence-corrected chi connectivity index (χ2v) is 8.83. The molecule has 2 N–H and O–H groups in total. The summed E-state index contributed by atoms with van der Waals surface area (Å²) in [5, 5.41) is 5.83. The van der Waals surface area contributed by atoms with Gasteiger partial charge in [-0.3, -0.25) is 4.79 Å². The highest BCUT2D eigenvalue weighted by Gasteiger charge is 2.29. The SMILES string of the molecule is O=C(C[C@H](NC(=O)OCC1c2ccccc2-c2ccccc21)c1ccccc1)NCc1c[c]ccc1. The van der Waals surface area contributed by atoms with Gasteiger partial charge in [0, 0.05) is 12.5 Å². The standard InChI is InChI=1S/C31H27N2O3/c34-30(32-20-22-11-3-1-4-12-22)19-29(23-13-5-2-6-14-23)33-31(35)36-21-28-26-17-9-7-15-24(26)25-16-8-10-18-27(25)28/h1-3,5-18,28-29H,19-21H2,(H,32,34)(H,33,35)/t29-/m0/s1. The molecule has 4 aromatic rings. The molecule has 0 heterocycles. The highest BCUT2D eigenvalue weighted by Crippen LogP contribution is 2.44. The lowest BCUT2D eigenvalue weighted by Gasteiger charge is -2.20. The van der Waals surface area contributed by atoms with E-state index in [0.29, 0.717) is 6.54 Å². The number of amides is 2. The topological polar surface area (TPSA) is 67.4 Å².